The van der Waals surface area contributed by atoms with Crippen LogP contribution in [0.4, 0.5) is 42.8 Å². The highest BCUT2D eigenvalue weighted by molar-refractivity contribution is 5.73. The Morgan fingerprint density at radius 1 is 0.830 bits per heavy atom. The summed E-state index contributed by atoms with van der Waals surface area (Å²) in [6.45, 7) is 10.5. The summed E-state index contributed by atoms with van der Waals surface area (Å²) in [5.74, 6) is 0.106. The number of aromatic nitrogens is 2. The molecule has 5 rings (SSSR count). The Hall–Kier alpha value is -4.56. The molecule has 1 aromatic heterocycles. The molecule has 2 amide bonds. The summed E-state index contributed by atoms with van der Waals surface area (Å²) >= 11 is 0. The Labute approximate surface area is 305 Å². The predicted octanol–water partition coefficient (Wildman–Crippen LogP) is 7.98. The third-order valence-electron chi connectivity index (χ3n) is 9.68. The van der Waals surface area contributed by atoms with Crippen molar-refractivity contribution in [2.24, 2.45) is 0 Å². The zero-order chi connectivity index (χ0) is 38.7. The number of hydrogen-bond acceptors (Lipinski definition) is 7. The molecule has 0 radical (unpaired) electrons. The van der Waals surface area contributed by atoms with Crippen LogP contribution in [0.2, 0.25) is 0 Å². The first-order valence-corrected chi connectivity index (χ1v) is 17.7. The topological polar surface area (TPSA) is 82.1 Å². The maximum atomic E-state index is 14.0. The van der Waals surface area contributed by atoms with Gasteiger partial charge in [-0.05, 0) is 75.8 Å². The van der Waals surface area contributed by atoms with E-state index in [4.69, 9.17) is 4.74 Å². The van der Waals surface area contributed by atoms with E-state index in [-0.39, 0.29) is 36.1 Å². The lowest BCUT2D eigenvalue weighted by molar-refractivity contribution is -0.143. The van der Waals surface area contributed by atoms with Crippen LogP contribution in [0.1, 0.15) is 76.1 Å². The van der Waals surface area contributed by atoms with Crippen LogP contribution in [-0.2, 0) is 34.8 Å². The van der Waals surface area contributed by atoms with Crippen molar-refractivity contribution >= 4 is 23.6 Å². The number of carbonyl (C=O) groups excluding carboxylic acids is 2. The third kappa shape index (κ3) is 10.1. The van der Waals surface area contributed by atoms with Crippen LogP contribution in [0.5, 0.6) is 0 Å². The van der Waals surface area contributed by atoms with Gasteiger partial charge >= 0.3 is 18.4 Å². The molecule has 9 nitrogen and oxygen atoms in total. The van der Waals surface area contributed by atoms with Crippen LogP contribution in [-0.4, -0.2) is 81.7 Å². The maximum absolute atomic E-state index is 14.0. The lowest BCUT2D eigenvalue weighted by Crippen LogP contribution is -2.58. The van der Waals surface area contributed by atoms with E-state index < -0.39 is 47.3 Å². The van der Waals surface area contributed by atoms with E-state index >= 15 is 0 Å². The number of halogens is 6. The molecule has 53 heavy (non-hydrogen) atoms. The number of piperazine rings is 1. The number of piperidine rings is 1. The number of carbonyl (C=O) groups is 2. The highest BCUT2D eigenvalue weighted by atomic mass is 19.4. The molecule has 2 aliphatic heterocycles. The van der Waals surface area contributed by atoms with E-state index in [1.54, 1.807) is 47.9 Å². The molecular formula is C38H46F6N6O3. The van der Waals surface area contributed by atoms with E-state index in [0.29, 0.717) is 57.5 Å². The normalized spacial score (nSPS) is 20.0. The highest BCUT2D eigenvalue weighted by Gasteiger charge is 2.43. The summed E-state index contributed by atoms with van der Waals surface area (Å²) in [5, 5.41) is 0. The Balaban J connectivity index is 1.55. The van der Waals surface area contributed by atoms with Crippen LogP contribution >= 0.6 is 0 Å². The molecular weight excluding hydrogens is 702 g/mol. The molecule has 2 fully saturated rings. The van der Waals surface area contributed by atoms with Crippen molar-refractivity contribution in [1.29, 1.82) is 0 Å². The van der Waals surface area contributed by atoms with Crippen LogP contribution in [0, 0.1) is 0 Å². The summed E-state index contributed by atoms with van der Waals surface area (Å²) in [6, 6.07) is 9.84. The molecule has 2 aliphatic rings. The third-order valence-corrected chi connectivity index (χ3v) is 9.68. The van der Waals surface area contributed by atoms with Crippen LogP contribution in [0.25, 0.3) is 0 Å². The van der Waals surface area contributed by atoms with E-state index in [1.165, 1.54) is 6.92 Å². The van der Waals surface area contributed by atoms with Gasteiger partial charge in [-0.2, -0.15) is 26.3 Å². The van der Waals surface area contributed by atoms with Crippen molar-refractivity contribution in [2.75, 3.05) is 36.0 Å². The minimum Gasteiger partial charge on any atom is -0.444 e. The quantitative estimate of drug-likeness (QED) is 0.216. The van der Waals surface area contributed by atoms with Gasteiger partial charge in [0.2, 0.25) is 11.9 Å². The fraction of sp³-hybridized carbons (Fsp3) is 0.526. The number of likely N-dealkylation sites (tertiary alicyclic amines) is 1. The first kappa shape index (κ1) is 39.6. The van der Waals surface area contributed by atoms with Crippen molar-refractivity contribution in [2.45, 2.75) is 103 Å². The predicted molar refractivity (Wildman–Crippen MR) is 188 cm³/mol. The lowest BCUT2D eigenvalue weighted by atomic mass is 9.86. The van der Waals surface area contributed by atoms with Crippen molar-refractivity contribution in [1.82, 2.24) is 19.8 Å². The number of alkyl halides is 6. The van der Waals surface area contributed by atoms with Gasteiger partial charge in [0, 0.05) is 57.8 Å². The fourth-order valence-corrected chi connectivity index (χ4v) is 7.12. The molecule has 0 saturated carbocycles. The van der Waals surface area contributed by atoms with E-state index in [0.717, 1.165) is 17.7 Å². The second-order valence-corrected chi connectivity index (χ2v) is 14.7. The second kappa shape index (κ2) is 15.8. The van der Waals surface area contributed by atoms with E-state index in [2.05, 4.69) is 9.97 Å². The van der Waals surface area contributed by atoms with E-state index in [9.17, 15) is 35.9 Å². The molecule has 3 atom stereocenters. The SMILES string of the molecule is CC[C@@H]1C[C@H](N(Cc2cc(C(F)(F)F)cc(C(F)(F)F)c2)c2ncc(N3CCN(C(C)=O)CC3)cn2)C[C@H](Cc2ccccc2)N1C(=O)OC(C)(C)C. The number of nitrogens with zero attached hydrogens (tertiary/aromatic N) is 6. The Kier molecular flexibility index (Phi) is 11.8. The van der Waals surface area contributed by atoms with E-state index in [1.807, 2.05) is 42.2 Å². The Morgan fingerprint density at radius 2 is 1.40 bits per heavy atom. The van der Waals surface area contributed by atoms with Crippen molar-refractivity contribution in [3.8, 4) is 0 Å². The standard InChI is InChI=1S/C38H46F6N6O3/c1-6-30-20-31(21-32(18-26-10-8-7-9-11-26)50(30)35(52)53-36(3,4)5)49(24-27-16-28(37(39,40)41)19-29(17-27)38(42,43)44)34-45-22-33(23-46-34)48-14-12-47(13-15-48)25(2)51/h7-11,16-17,19,22-23,30-32H,6,12-15,18,20-21,24H2,1-5H3/t30-,31+,32+/m1/s1. The summed E-state index contributed by atoms with van der Waals surface area (Å²) < 4.78 is 89.5. The molecule has 0 spiro atoms. The van der Waals surface area contributed by atoms with Crippen LogP contribution in [0.3, 0.4) is 0 Å². The van der Waals surface area contributed by atoms with Gasteiger partial charge in [-0.25, -0.2) is 14.8 Å². The van der Waals surface area contributed by atoms with Gasteiger partial charge in [-0.1, -0.05) is 37.3 Å². The maximum Gasteiger partial charge on any atom is 0.416 e. The smallest absolute Gasteiger partial charge is 0.416 e. The van der Waals surface area contributed by atoms with Crippen molar-refractivity contribution in [3.63, 3.8) is 0 Å². The first-order valence-electron chi connectivity index (χ1n) is 17.7. The van der Waals surface area contributed by atoms with Gasteiger partial charge < -0.3 is 24.3 Å². The zero-order valence-electron chi connectivity index (χ0n) is 30.5. The average molecular weight is 749 g/mol. The lowest BCUT2D eigenvalue weighted by Gasteiger charge is -2.48. The molecule has 15 heteroatoms. The van der Waals surface area contributed by atoms with Gasteiger partial charge in [-0.3, -0.25) is 4.79 Å². The van der Waals surface area contributed by atoms with Crippen LogP contribution in [0.15, 0.2) is 60.9 Å². The molecule has 2 saturated heterocycles. The monoisotopic (exact) mass is 748 g/mol. The number of anilines is 2. The highest BCUT2D eigenvalue weighted by Crippen LogP contribution is 2.39. The Morgan fingerprint density at radius 3 is 1.91 bits per heavy atom. The summed E-state index contributed by atoms with van der Waals surface area (Å²) in [6.07, 6.45) is -5.75. The molecule has 2 aromatic carbocycles. The van der Waals surface area contributed by atoms with Gasteiger partial charge in [0.15, 0.2) is 0 Å². The Bertz CT molecular complexity index is 1670. The average Bonchev–Trinajstić information content (AvgIpc) is 3.09. The van der Waals surface area contributed by atoms with Gasteiger partial charge in [0.05, 0.1) is 29.2 Å². The zero-order valence-corrected chi connectivity index (χ0v) is 30.5. The summed E-state index contributed by atoms with van der Waals surface area (Å²) in [7, 11) is 0. The minimum atomic E-state index is -5.02. The molecule has 0 bridgehead atoms. The number of rotatable bonds is 8. The number of ether oxygens (including phenoxy) is 1. The first-order chi connectivity index (χ1) is 24.8. The molecule has 3 aromatic rings. The van der Waals surface area contributed by atoms with Crippen LogP contribution < -0.4 is 9.80 Å². The molecule has 288 valence electrons. The van der Waals surface area contributed by atoms with Gasteiger partial charge in [-0.15, -0.1) is 0 Å². The second-order valence-electron chi connectivity index (χ2n) is 14.7. The molecule has 3 heterocycles. The minimum absolute atomic E-state index is 0.0242. The summed E-state index contributed by atoms with van der Waals surface area (Å²) in [4.78, 5) is 42.0. The molecule has 0 aliphatic carbocycles. The largest absolute Gasteiger partial charge is 0.444 e. The summed E-state index contributed by atoms with van der Waals surface area (Å²) in [5.41, 5.74) is -2.17. The number of benzene rings is 2. The number of hydrogen-bond donors (Lipinski definition) is 0. The molecule has 0 unspecified atom stereocenters. The van der Waals surface area contributed by atoms with Gasteiger partial charge in [0.25, 0.3) is 0 Å². The van der Waals surface area contributed by atoms with Gasteiger partial charge in [0.1, 0.15) is 5.60 Å². The van der Waals surface area contributed by atoms with Crippen molar-refractivity contribution < 1.29 is 40.7 Å². The number of amides is 2. The molecule has 0 N–H and O–H groups in total. The fourth-order valence-electron chi connectivity index (χ4n) is 7.12. The van der Waals surface area contributed by atoms with Crippen molar-refractivity contribution in [3.05, 3.63) is 83.2 Å².